The third-order valence-electron chi connectivity index (χ3n) is 6.12. The summed E-state index contributed by atoms with van der Waals surface area (Å²) in [7, 11) is -3.09. The molecule has 1 fully saturated rings. The van der Waals surface area contributed by atoms with Crippen molar-refractivity contribution in [2.45, 2.75) is 75.7 Å². The molecule has 43 heavy (non-hydrogen) atoms. The minimum atomic E-state index is -3.09. The average molecular weight is 610 g/mol. The molecule has 1 aliphatic carbocycles. The molecule has 1 atom stereocenters. The molecule has 0 aliphatic heterocycles. The molecular formula is C32H36FN3O6S. The van der Waals surface area contributed by atoms with Gasteiger partial charge in [0.15, 0.2) is 0 Å². The molecule has 0 spiro atoms. The highest BCUT2D eigenvalue weighted by molar-refractivity contribution is 7.94. The summed E-state index contributed by atoms with van der Waals surface area (Å²) in [5.74, 6) is -0.884. The highest BCUT2D eigenvalue weighted by atomic mass is 32.2. The number of ether oxygens (including phenoxy) is 2. The van der Waals surface area contributed by atoms with Crippen molar-refractivity contribution in [1.82, 2.24) is 0 Å². The van der Waals surface area contributed by atoms with Crippen LogP contribution in [0.4, 0.5) is 25.4 Å². The van der Waals surface area contributed by atoms with Crippen molar-refractivity contribution < 1.29 is 32.5 Å². The van der Waals surface area contributed by atoms with E-state index in [2.05, 4.69) is 15.0 Å². The molecule has 228 valence electrons. The fourth-order valence-electron chi connectivity index (χ4n) is 4.09. The summed E-state index contributed by atoms with van der Waals surface area (Å²) >= 11 is 0. The van der Waals surface area contributed by atoms with Gasteiger partial charge in [-0.05, 0) is 114 Å². The lowest BCUT2D eigenvalue weighted by molar-refractivity contribution is 0.0603. The first kappa shape index (κ1) is 31.7. The Bertz CT molecular complexity index is 1640. The maximum absolute atomic E-state index is 13.8. The van der Waals surface area contributed by atoms with Crippen LogP contribution in [-0.2, 0) is 19.2 Å². The van der Waals surface area contributed by atoms with E-state index in [1.807, 2.05) is 0 Å². The molecule has 9 nitrogen and oxygen atoms in total. The van der Waals surface area contributed by atoms with Gasteiger partial charge in [0.2, 0.25) is 0 Å². The van der Waals surface area contributed by atoms with Crippen molar-refractivity contribution >= 4 is 39.2 Å². The normalized spacial score (nSPS) is 14.7. The SMILES string of the molecule is CC(C)(C)OC(=O)N=S(=O)(c1ccc(C(=O)Nc2cc(-c3ccc(F)cc3)ccc2NC(=O)OC(C)(C)C)cc1)C1CC1. The molecule has 1 saturated carbocycles. The van der Waals surface area contributed by atoms with Crippen LogP contribution >= 0.6 is 0 Å². The van der Waals surface area contributed by atoms with Gasteiger partial charge < -0.3 is 14.8 Å². The van der Waals surface area contributed by atoms with Crippen molar-refractivity contribution in [3.8, 4) is 11.1 Å². The minimum absolute atomic E-state index is 0.244. The van der Waals surface area contributed by atoms with E-state index in [1.165, 1.54) is 36.4 Å². The first-order valence-corrected chi connectivity index (χ1v) is 15.4. The van der Waals surface area contributed by atoms with E-state index in [1.54, 1.807) is 71.9 Å². The van der Waals surface area contributed by atoms with Gasteiger partial charge in [0.05, 0.1) is 21.1 Å². The Balaban J connectivity index is 1.62. The second kappa shape index (κ2) is 12.2. The van der Waals surface area contributed by atoms with Crippen molar-refractivity contribution in [2.24, 2.45) is 4.36 Å². The topological polar surface area (TPSA) is 123 Å². The second-order valence-corrected chi connectivity index (χ2v) is 14.7. The van der Waals surface area contributed by atoms with Crippen LogP contribution in [-0.4, -0.2) is 38.8 Å². The van der Waals surface area contributed by atoms with Crippen LogP contribution in [0.3, 0.4) is 0 Å². The fraction of sp³-hybridized carbons (Fsp3) is 0.344. The summed E-state index contributed by atoms with van der Waals surface area (Å²) in [4.78, 5) is 38.6. The molecule has 4 rings (SSSR count). The molecule has 0 saturated heterocycles. The zero-order valence-corrected chi connectivity index (χ0v) is 25.8. The highest BCUT2D eigenvalue weighted by Gasteiger charge is 2.36. The van der Waals surface area contributed by atoms with E-state index in [-0.39, 0.29) is 28.0 Å². The van der Waals surface area contributed by atoms with Gasteiger partial charge in [-0.2, -0.15) is 0 Å². The van der Waals surface area contributed by atoms with Gasteiger partial charge in [0, 0.05) is 15.7 Å². The molecule has 1 aliphatic rings. The van der Waals surface area contributed by atoms with Crippen LogP contribution in [0, 0.1) is 5.82 Å². The van der Waals surface area contributed by atoms with Crippen molar-refractivity contribution in [3.05, 3.63) is 78.1 Å². The quantitative estimate of drug-likeness (QED) is 0.292. The Morgan fingerprint density at radius 1 is 0.791 bits per heavy atom. The van der Waals surface area contributed by atoms with Crippen molar-refractivity contribution in [1.29, 1.82) is 0 Å². The molecule has 3 aromatic rings. The lowest BCUT2D eigenvalue weighted by atomic mass is 10.0. The number of hydrogen-bond donors (Lipinski definition) is 2. The Morgan fingerprint density at radius 3 is 1.93 bits per heavy atom. The van der Waals surface area contributed by atoms with Gasteiger partial charge in [-0.15, -0.1) is 4.36 Å². The van der Waals surface area contributed by atoms with E-state index in [0.29, 0.717) is 28.9 Å². The Kier molecular flexibility index (Phi) is 8.96. The maximum Gasteiger partial charge on any atom is 0.442 e. The highest BCUT2D eigenvalue weighted by Crippen LogP contribution is 2.36. The van der Waals surface area contributed by atoms with Crippen LogP contribution in [0.2, 0.25) is 0 Å². The fourth-order valence-corrected chi connectivity index (χ4v) is 6.29. The largest absolute Gasteiger partial charge is 0.444 e. The number of rotatable bonds is 6. The lowest BCUT2D eigenvalue weighted by Gasteiger charge is -2.21. The number of nitrogens with one attached hydrogen (secondary N) is 2. The molecular weight excluding hydrogens is 573 g/mol. The first-order valence-electron chi connectivity index (χ1n) is 13.8. The van der Waals surface area contributed by atoms with Gasteiger partial charge >= 0.3 is 12.2 Å². The van der Waals surface area contributed by atoms with E-state index in [0.717, 1.165) is 0 Å². The summed E-state index contributed by atoms with van der Waals surface area (Å²) in [6, 6.07) is 16.9. The summed E-state index contributed by atoms with van der Waals surface area (Å²) in [5, 5.41) is 5.21. The molecule has 2 N–H and O–H groups in total. The van der Waals surface area contributed by atoms with E-state index in [4.69, 9.17) is 9.47 Å². The third kappa shape index (κ3) is 8.63. The second-order valence-electron chi connectivity index (χ2n) is 12.2. The summed E-state index contributed by atoms with van der Waals surface area (Å²) in [6.07, 6.45) is -0.251. The van der Waals surface area contributed by atoms with Crippen molar-refractivity contribution in [2.75, 3.05) is 10.6 Å². The number of amides is 3. The lowest BCUT2D eigenvalue weighted by Crippen LogP contribution is -2.27. The van der Waals surface area contributed by atoms with E-state index >= 15 is 0 Å². The standard InChI is InChI=1S/C32H36FN3O6S/c1-31(2,3)41-29(38)35-26-18-11-22(20-7-12-23(33)13-8-20)19-27(26)34-28(37)21-9-14-24(15-10-21)43(40,25-16-17-25)36-30(39)42-32(4,5)6/h7-15,18-19,25H,16-17H2,1-6H3,(H,34,37)(H,35,38). The summed E-state index contributed by atoms with van der Waals surface area (Å²) in [5.41, 5.74) is 0.674. The van der Waals surface area contributed by atoms with Crippen LogP contribution in [0.15, 0.2) is 76.0 Å². The predicted octanol–water partition coefficient (Wildman–Crippen LogP) is 8.02. The number of nitrogens with zero attached hydrogens (tertiary/aromatic N) is 1. The van der Waals surface area contributed by atoms with E-state index < -0.39 is 39.0 Å². The number of carbonyl (C=O) groups is 3. The van der Waals surface area contributed by atoms with Crippen LogP contribution in [0.1, 0.15) is 64.7 Å². The van der Waals surface area contributed by atoms with Crippen molar-refractivity contribution in [3.63, 3.8) is 0 Å². The molecule has 11 heteroatoms. The predicted molar refractivity (Wildman–Crippen MR) is 164 cm³/mol. The number of halogens is 1. The zero-order chi connectivity index (χ0) is 31.6. The Labute approximate surface area is 251 Å². The minimum Gasteiger partial charge on any atom is -0.444 e. The van der Waals surface area contributed by atoms with Gasteiger partial charge in [0.1, 0.15) is 17.0 Å². The molecule has 3 amide bonds. The number of carbonyl (C=O) groups excluding carboxylic acids is 3. The molecule has 0 bridgehead atoms. The monoisotopic (exact) mass is 609 g/mol. The van der Waals surface area contributed by atoms with Gasteiger partial charge in [-0.1, -0.05) is 18.2 Å². The first-order chi connectivity index (χ1) is 20.0. The molecule has 0 radical (unpaired) electrons. The number of hydrogen-bond acceptors (Lipinski definition) is 6. The molecule has 1 unspecified atom stereocenters. The van der Waals surface area contributed by atoms with Crippen LogP contribution < -0.4 is 10.6 Å². The van der Waals surface area contributed by atoms with Gasteiger partial charge in [0.25, 0.3) is 5.91 Å². The van der Waals surface area contributed by atoms with E-state index in [9.17, 15) is 23.0 Å². The summed E-state index contributed by atoms with van der Waals surface area (Å²) < 4.78 is 41.9. The van der Waals surface area contributed by atoms with Gasteiger partial charge in [-0.25, -0.2) is 18.2 Å². The van der Waals surface area contributed by atoms with Gasteiger partial charge in [-0.3, -0.25) is 10.1 Å². The smallest absolute Gasteiger partial charge is 0.442 e. The molecule has 0 aromatic heterocycles. The van der Waals surface area contributed by atoms with Crippen LogP contribution in [0.25, 0.3) is 11.1 Å². The number of benzene rings is 3. The van der Waals surface area contributed by atoms with Crippen LogP contribution in [0.5, 0.6) is 0 Å². The molecule has 0 heterocycles. The molecule has 3 aromatic carbocycles. The Morgan fingerprint density at radius 2 is 1.37 bits per heavy atom. The average Bonchev–Trinajstić information content (AvgIpc) is 3.74. The maximum atomic E-state index is 13.8. The third-order valence-corrected chi connectivity index (χ3v) is 8.86. The number of anilines is 2. The zero-order valence-electron chi connectivity index (χ0n) is 25.0. The summed E-state index contributed by atoms with van der Waals surface area (Å²) in [6.45, 7) is 10.3. The Hall–Kier alpha value is -4.25.